The number of rotatable bonds is 9. The van der Waals surface area contributed by atoms with E-state index in [1.807, 2.05) is 60.7 Å². The fraction of sp³-hybridized carbons (Fsp3) is 0.321. The maximum atomic E-state index is 13.4. The number of quaternary nitrogens is 1. The van der Waals surface area contributed by atoms with Crippen molar-refractivity contribution in [3.05, 3.63) is 102 Å². The molecule has 3 nitrogen and oxygen atoms in total. The van der Waals surface area contributed by atoms with E-state index in [0.717, 1.165) is 59.9 Å². The van der Waals surface area contributed by atoms with Crippen molar-refractivity contribution >= 4 is 17.7 Å². The Morgan fingerprint density at radius 1 is 1.00 bits per heavy atom. The van der Waals surface area contributed by atoms with Gasteiger partial charge in [-0.05, 0) is 23.3 Å². The van der Waals surface area contributed by atoms with Gasteiger partial charge in [0.05, 0.1) is 26.7 Å². The zero-order valence-electron chi connectivity index (χ0n) is 19.4. The Balaban J connectivity index is 1.51. The predicted molar refractivity (Wildman–Crippen MR) is 133 cm³/mol. The molecule has 1 aliphatic heterocycles. The number of carbonyl (C=O) groups excluding carboxylic acids is 1. The van der Waals surface area contributed by atoms with Crippen molar-refractivity contribution in [3.8, 4) is 0 Å². The van der Waals surface area contributed by atoms with Crippen molar-refractivity contribution in [1.29, 1.82) is 0 Å². The van der Waals surface area contributed by atoms with E-state index in [9.17, 15) is 13.6 Å². The molecule has 0 unspecified atom stereocenters. The minimum atomic E-state index is -0.883. The third-order valence-electron chi connectivity index (χ3n) is 7.08. The van der Waals surface area contributed by atoms with E-state index in [1.54, 1.807) is 0 Å². The third kappa shape index (κ3) is 5.03. The van der Waals surface area contributed by atoms with Crippen molar-refractivity contribution in [2.24, 2.45) is 11.7 Å². The van der Waals surface area contributed by atoms with Gasteiger partial charge >= 0.3 is 0 Å². The average molecular weight is 482 g/mol. The van der Waals surface area contributed by atoms with Gasteiger partial charge in [0.25, 0.3) is 0 Å². The minimum Gasteiger partial charge on any atom is -0.369 e. The molecule has 1 heterocycles. The van der Waals surface area contributed by atoms with Crippen LogP contribution in [0.1, 0.15) is 24.0 Å². The van der Waals surface area contributed by atoms with Crippen LogP contribution in [-0.2, 0) is 10.2 Å². The van der Waals surface area contributed by atoms with Crippen LogP contribution in [0.3, 0.4) is 0 Å². The predicted octanol–water partition coefficient (Wildman–Crippen LogP) is 5.39. The molecule has 2 N–H and O–H groups in total. The molecular formula is C28H31F2N2OS+. The first-order chi connectivity index (χ1) is 16.3. The number of carbonyl (C=O) groups is 1. The van der Waals surface area contributed by atoms with Crippen LogP contribution in [0.5, 0.6) is 0 Å². The Kier molecular flexibility index (Phi) is 7.39. The van der Waals surface area contributed by atoms with E-state index in [4.69, 9.17) is 5.73 Å². The number of hydrogen-bond acceptors (Lipinski definition) is 2. The molecule has 178 valence electrons. The van der Waals surface area contributed by atoms with Crippen LogP contribution in [-0.4, -0.2) is 42.8 Å². The molecule has 3 aromatic rings. The van der Waals surface area contributed by atoms with E-state index in [0.29, 0.717) is 4.90 Å². The van der Waals surface area contributed by atoms with E-state index >= 15 is 0 Å². The summed E-state index contributed by atoms with van der Waals surface area (Å²) in [5, 5.41) is 0. The Labute approximate surface area is 204 Å². The first-order valence-corrected chi connectivity index (χ1v) is 12.7. The summed E-state index contributed by atoms with van der Waals surface area (Å²) < 4.78 is 27.7. The second kappa shape index (κ2) is 10.3. The average Bonchev–Trinajstić information content (AvgIpc) is 3.20. The van der Waals surface area contributed by atoms with Gasteiger partial charge in [-0.1, -0.05) is 60.7 Å². The molecule has 1 fully saturated rings. The summed E-state index contributed by atoms with van der Waals surface area (Å²) in [6.45, 7) is 2.73. The maximum Gasteiger partial charge on any atom is 0.233 e. The van der Waals surface area contributed by atoms with Crippen LogP contribution in [0.25, 0.3) is 0 Å². The lowest BCUT2D eigenvalue weighted by Crippen LogP contribution is -2.51. The molecule has 0 radical (unpaired) electrons. The quantitative estimate of drug-likeness (QED) is 0.253. The highest BCUT2D eigenvalue weighted by molar-refractivity contribution is 7.99. The van der Waals surface area contributed by atoms with E-state index in [-0.39, 0.29) is 11.8 Å². The number of nitrogens with zero attached hydrogens (tertiary/aromatic N) is 1. The number of thioether (sulfide) groups is 1. The molecule has 3 aromatic carbocycles. The fourth-order valence-corrected chi connectivity index (χ4v) is 6.41. The standard InChI is InChI=1S/C28H30F2N2OS/c1-32(14-8-16-34-26-18-24(29)17-25(30)19-26)15-13-23(20-32)28(27(31)33,21-9-4-2-5-10-21)22-11-6-3-7-12-22/h2-7,9-12,17-19,23H,8,13-16,20H2,1H3,(H-,31,33)/p+1/t23-,32-/m1/s1. The number of halogens is 2. The molecule has 6 heteroatoms. The van der Waals surface area contributed by atoms with Crippen molar-refractivity contribution < 1.29 is 18.1 Å². The molecule has 1 amide bonds. The van der Waals surface area contributed by atoms with Crippen LogP contribution in [0.15, 0.2) is 83.8 Å². The van der Waals surface area contributed by atoms with Gasteiger partial charge in [-0.2, -0.15) is 0 Å². The lowest BCUT2D eigenvalue weighted by molar-refractivity contribution is -0.899. The highest BCUT2D eigenvalue weighted by Gasteiger charge is 2.53. The highest BCUT2D eigenvalue weighted by Crippen LogP contribution is 2.45. The van der Waals surface area contributed by atoms with Crippen molar-refractivity contribution in [3.63, 3.8) is 0 Å². The summed E-state index contributed by atoms with van der Waals surface area (Å²) >= 11 is 1.47. The van der Waals surface area contributed by atoms with E-state index in [1.165, 1.54) is 23.9 Å². The Morgan fingerprint density at radius 2 is 1.56 bits per heavy atom. The summed E-state index contributed by atoms with van der Waals surface area (Å²) in [5.74, 6) is -0.557. The van der Waals surface area contributed by atoms with Crippen molar-refractivity contribution in [1.82, 2.24) is 0 Å². The van der Waals surface area contributed by atoms with Crippen molar-refractivity contribution in [2.75, 3.05) is 32.4 Å². The second-order valence-corrected chi connectivity index (χ2v) is 10.6. The first kappa shape index (κ1) is 24.4. The second-order valence-electron chi connectivity index (χ2n) is 9.45. The van der Waals surface area contributed by atoms with Gasteiger partial charge in [-0.25, -0.2) is 8.78 Å². The van der Waals surface area contributed by atoms with Gasteiger partial charge in [0, 0.05) is 35.5 Å². The zero-order valence-corrected chi connectivity index (χ0v) is 20.2. The molecule has 0 aliphatic carbocycles. The normalized spacial score (nSPS) is 20.4. The van der Waals surface area contributed by atoms with Gasteiger partial charge < -0.3 is 10.2 Å². The number of primary amides is 1. The number of amides is 1. The molecule has 4 rings (SSSR count). The monoisotopic (exact) mass is 481 g/mol. The van der Waals surface area contributed by atoms with Gasteiger partial charge in [-0.3, -0.25) is 4.79 Å². The Bertz CT molecular complexity index is 1070. The summed E-state index contributed by atoms with van der Waals surface area (Å²) in [5.41, 5.74) is 7.20. The van der Waals surface area contributed by atoms with Gasteiger partial charge in [0.15, 0.2) is 0 Å². The van der Waals surface area contributed by atoms with Crippen LogP contribution >= 0.6 is 11.8 Å². The van der Waals surface area contributed by atoms with E-state index in [2.05, 4.69) is 7.05 Å². The van der Waals surface area contributed by atoms with Crippen molar-refractivity contribution in [2.45, 2.75) is 23.2 Å². The number of hydrogen-bond donors (Lipinski definition) is 1. The molecule has 1 saturated heterocycles. The van der Waals surface area contributed by atoms with Gasteiger partial charge in [0.1, 0.15) is 17.0 Å². The summed E-state index contributed by atoms with van der Waals surface area (Å²) in [6, 6.07) is 23.4. The summed E-state index contributed by atoms with van der Waals surface area (Å²) in [4.78, 5) is 13.9. The molecule has 1 aliphatic rings. The van der Waals surface area contributed by atoms with E-state index < -0.39 is 17.0 Å². The topological polar surface area (TPSA) is 43.1 Å². The molecule has 0 aromatic heterocycles. The Hall–Kier alpha value is -2.70. The molecule has 34 heavy (non-hydrogen) atoms. The first-order valence-electron chi connectivity index (χ1n) is 11.7. The molecule has 2 atom stereocenters. The lowest BCUT2D eigenvalue weighted by atomic mass is 9.64. The molecular weight excluding hydrogens is 450 g/mol. The Morgan fingerprint density at radius 3 is 2.09 bits per heavy atom. The number of nitrogens with two attached hydrogens (primary N) is 1. The highest BCUT2D eigenvalue weighted by atomic mass is 32.2. The fourth-order valence-electron chi connectivity index (χ4n) is 5.51. The van der Waals surface area contributed by atoms with Gasteiger partial charge in [0.2, 0.25) is 5.91 Å². The van der Waals surface area contributed by atoms with Gasteiger partial charge in [-0.15, -0.1) is 11.8 Å². The summed E-state index contributed by atoms with van der Waals surface area (Å²) in [6.07, 6.45) is 1.80. The maximum absolute atomic E-state index is 13.4. The van der Waals surface area contributed by atoms with Crippen LogP contribution in [0.4, 0.5) is 8.78 Å². The van der Waals surface area contributed by atoms with Crippen LogP contribution < -0.4 is 5.73 Å². The number of likely N-dealkylation sites (tertiary alicyclic amines) is 1. The van der Waals surface area contributed by atoms with Crippen LogP contribution in [0, 0.1) is 17.6 Å². The molecule has 0 bridgehead atoms. The minimum absolute atomic E-state index is 0.0739. The largest absolute Gasteiger partial charge is 0.369 e. The van der Waals surface area contributed by atoms with Crippen LogP contribution in [0.2, 0.25) is 0 Å². The SMILES string of the molecule is C[N@@+]1(CCCSc2cc(F)cc(F)c2)CC[C@@H](C(C(N)=O)(c2ccccc2)c2ccccc2)C1. The number of benzene rings is 3. The smallest absolute Gasteiger partial charge is 0.233 e. The third-order valence-corrected chi connectivity index (χ3v) is 8.15. The lowest BCUT2D eigenvalue weighted by Gasteiger charge is -2.38. The molecule has 0 spiro atoms. The molecule has 0 saturated carbocycles. The summed E-state index contributed by atoms with van der Waals surface area (Å²) in [7, 11) is 2.23. The zero-order chi connectivity index (χ0) is 24.2.